The topological polar surface area (TPSA) is 94.5 Å². The van der Waals surface area contributed by atoms with Crippen LogP contribution in [0.15, 0.2) is 54.6 Å². The van der Waals surface area contributed by atoms with Gasteiger partial charge in [-0.3, -0.25) is 9.59 Å². The molecule has 0 atom stereocenters. The zero-order valence-corrected chi connectivity index (χ0v) is 19.7. The fourth-order valence-corrected chi connectivity index (χ4v) is 4.44. The second-order valence-electron chi connectivity index (χ2n) is 8.11. The van der Waals surface area contributed by atoms with E-state index < -0.39 is 57.7 Å². The summed E-state index contributed by atoms with van der Waals surface area (Å²) < 4.78 is 97.4. The number of ether oxygens (including phenoxy) is 1. The van der Waals surface area contributed by atoms with E-state index in [2.05, 4.69) is 4.74 Å². The van der Waals surface area contributed by atoms with Crippen molar-refractivity contribution in [2.75, 3.05) is 6.26 Å². The van der Waals surface area contributed by atoms with Gasteiger partial charge < -0.3 is 9.30 Å². The van der Waals surface area contributed by atoms with Gasteiger partial charge in [0, 0.05) is 40.1 Å². The molecule has 0 fully saturated rings. The summed E-state index contributed by atoms with van der Waals surface area (Å²) in [5.41, 5.74) is -0.717. The molecule has 1 aliphatic carbocycles. The van der Waals surface area contributed by atoms with Gasteiger partial charge in [-0.1, -0.05) is 24.3 Å². The van der Waals surface area contributed by atoms with E-state index in [0.717, 1.165) is 34.9 Å². The van der Waals surface area contributed by atoms with Gasteiger partial charge in [0.15, 0.2) is 5.78 Å². The number of hydrogen-bond acceptors (Lipinski definition) is 5. The maximum Gasteiger partial charge on any atom is 0.573 e. The molecule has 7 nitrogen and oxygen atoms in total. The maximum atomic E-state index is 14.5. The molecule has 0 saturated carbocycles. The molecule has 0 aliphatic heterocycles. The van der Waals surface area contributed by atoms with Gasteiger partial charge in [0.25, 0.3) is 5.91 Å². The number of carbonyl (C=O) groups is 2. The molecule has 0 bridgehead atoms. The molecule has 1 amide bonds. The van der Waals surface area contributed by atoms with Gasteiger partial charge in [-0.05, 0) is 24.3 Å². The standard InChI is InChI=1S/C24H17F5N2O5S/c1-37(34,35)30-23(33)22-21(16-4-2-3-5-20(16)32)17-11-15(36-24(27,28)29)8-9-19(17)31(22)12-13-6-7-14(25)10-18(13)26/h2-4,6-11H,5,12H2,1H3,(H,30,33). The number of amides is 1. The summed E-state index contributed by atoms with van der Waals surface area (Å²) in [4.78, 5) is 26.0. The van der Waals surface area contributed by atoms with Gasteiger partial charge in [-0.15, -0.1) is 13.2 Å². The van der Waals surface area contributed by atoms with Crippen LogP contribution in [0.3, 0.4) is 0 Å². The SMILES string of the molecule is CS(=O)(=O)NC(=O)c1c(C2=CC=CCC2=O)c2cc(OC(F)(F)F)ccc2n1Cc1ccc(F)cc1F. The van der Waals surface area contributed by atoms with Gasteiger partial charge in [-0.2, -0.15) is 0 Å². The van der Waals surface area contributed by atoms with Crippen LogP contribution in [-0.2, 0) is 21.4 Å². The number of hydrogen-bond donors (Lipinski definition) is 1. The van der Waals surface area contributed by atoms with Gasteiger partial charge >= 0.3 is 6.36 Å². The van der Waals surface area contributed by atoms with Crippen molar-refractivity contribution in [3.63, 3.8) is 0 Å². The number of nitrogens with zero attached hydrogens (tertiary/aromatic N) is 1. The van der Waals surface area contributed by atoms with Crippen molar-refractivity contribution in [1.29, 1.82) is 0 Å². The summed E-state index contributed by atoms with van der Waals surface area (Å²) >= 11 is 0. The van der Waals surface area contributed by atoms with E-state index in [1.54, 1.807) is 4.72 Å². The lowest BCUT2D eigenvalue weighted by Crippen LogP contribution is -2.32. The smallest absolute Gasteiger partial charge is 0.406 e. The Hall–Kier alpha value is -4.00. The first kappa shape index (κ1) is 26.1. The lowest BCUT2D eigenvalue weighted by molar-refractivity contribution is -0.274. The number of aromatic nitrogens is 1. The van der Waals surface area contributed by atoms with Crippen LogP contribution in [0.2, 0.25) is 0 Å². The Morgan fingerprint density at radius 2 is 1.86 bits per heavy atom. The van der Waals surface area contributed by atoms with Crippen molar-refractivity contribution in [1.82, 2.24) is 9.29 Å². The molecule has 4 rings (SSSR count). The summed E-state index contributed by atoms with van der Waals surface area (Å²) in [6, 6.07) is 5.72. The van der Waals surface area contributed by atoms with E-state index in [1.165, 1.54) is 18.2 Å². The molecule has 194 valence electrons. The van der Waals surface area contributed by atoms with Crippen LogP contribution in [0.25, 0.3) is 16.5 Å². The molecule has 37 heavy (non-hydrogen) atoms. The summed E-state index contributed by atoms with van der Waals surface area (Å²) in [7, 11) is -4.13. The molecule has 13 heteroatoms. The second-order valence-corrected chi connectivity index (χ2v) is 9.86. The summed E-state index contributed by atoms with van der Waals surface area (Å²) in [5.74, 6) is -4.22. The van der Waals surface area contributed by atoms with Crippen LogP contribution in [0.1, 0.15) is 28.0 Å². The number of alkyl halides is 3. The van der Waals surface area contributed by atoms with E-state index in [4.69, 9.17) is 0 Å². The second kappa shape index (κ2) is 9.47. The van der Waals surface area contributed by atoms with E-state index in [-0.39, 0.29) is 34.0 Å². The predicted molar refractivity (Wildman–Crippen MR) is 123 cm³/mol. The number of fused-ring (bicyclic) bond motifs is 1. The summed E-state index contributed by atoms with van der Waals surface area (Å²) in [6.45, 7) is -0.452. The largest absolute Gasteiger partial charge is 0.573 e. The van der Waals surface area contributed by atoms with E-state index in [0.29, 0.717) is 12.3 Å². The molecule has 0 spiro atoms. The monoisotopic (exact) mass is 540 g/mol. The Balaban J connectivity index is 2.06. The van der Waals surface area contributed by atoms with Crippen LogP contribution in [0.4, 0.5) is 22.0 Å². The van der Waals surface area contributed by atoms with Crippen molar-refractivity contribution < 1.29 is 44.7 Å². The number of sulfonamides is 1. The highest BCUT2D eigenvalue weighted by Gasteiger charge is 2.33. The number of rotatable bonds is 6. The Kier molecular flexibility index (Phi) is 6.67. The zero-order chi connectivity index (χ0) is 27.1. The molecule has 1 aliphatic rings. The van der Waals surface area contributed by atoms with Crippen molar-refractivity contribution in [3.8, 4) is 5.75 Å². The fraction of sp³-hybridized carbons (Fsp3) is 0.167. The van der Waals surface area contributed by atoms with Gasteiger partial charge in [-0.25, -0.2) is 21.9 Å². The molecule has 0 unspecified atom stereocenters. The molecular weight excluding hydrogens is 523 g/mol. The quantitative estimate of drug-likeness (QED) is 0.466. The van der Waals surface area contributed by atoms with Crippen LogP contribution >= 0.6 is 0 Å². The Morgan fingerprint density at radius 1 is 1.14 bits per heavy atom. The lowest BCUT2D eigenvalue weighted by Gasteiger charge is -2.14. The molecule has 1 N–H and O–H groups in total. The normalized spacial score (nSPS) is 14.1. The van der Waals surface area contributed by atoms with Crippen LogP contribution in [0, 0.1) is 11.6 Å². The van der Waals surface area contributed by atoms with Crippen molar-refractivity contribution in [2.45, 2.75) is 19.3 Å². The number of benzene rings is 2. The Bertz CT molecular complexity index is 1600. The van der Waals surface area contributed by atoms with Gasteiger partial charge in [0.1, 0.15) is 23.1 Å². The minimum atomic E-state index is -5.05. The van der Waals surface area contributed by atoms with Crippen molar-refractivity contribution >= 4 is 38.2 Å². The predicted octanol–water partition coefficient (Wildman–Crippen LogP) is 4.47. The Labute approximate surface area is 206 Å². The fourth-order valence-electron chi connectivity index (χ4n) is 4.01. The molecule has 2 aromatic carbocycles. The zero-order valence-electron chi connectivity index (χ0n) is 18.9. The minimum Gasteiger partial charge on any atom is -0.406 e. The maximum absolute atomic E-state index is 14.5. The first-order valence-electron chi connectivity index (χ1n) is 10.5. The number of ketones is 1. The summed E-state index contributed by atoms with van der Waals surface area (Å²) in [6.07, 6.45) is -0.0802. The highest BCUT2D eigenvalue weighted by molar-refractivity contribution is 7.89. The average molecular weight is 540 g/mol. The van der Waals surface area contributed by atoms with Crippen LogP contribution in [-0.4, -0.2) is 37.3 Å². The van der Waals surface area contributed by atoms with Crippen molar-refractivity contribution in [3.05, 3.63) is 83.1 Å². The third kappa shape index (κ3) is 5.71. The van der Waals surface area contributed by atoms with E-state index in [9.17, 15) is 40.0 Å². The molecule has 3 aromatic rings. The number of carbonyl (C=O) groups excluding carboxylic acids is 2. The van der Waals surface area contributed by atoms with Crippen LogP contribution < -0.4 is 9.46 Å². The van der Waals surface area contributed by atoms with E-state index >= 15 is 0 Å². The highest BCUT2D eigenvalue weighted by atomic mass is 32.2. The number of halogens is 5. The first-order chi connectivity index (χ1) is 17.2. The third-order valence-electron chi connectivity index (χ3n) is 5.38. The number of nitrogens with one attached hydrogen (secondary N) is 1. The van der Waals surface area contributed by atoms with Gasteiger partial charge in [0.2, 0.25) is 10.0 Å². The molecule has 0 saturated heterocycles. The summed E-state index contributed by atoms with van der Waals surface area (Å²) in [5, 5.41) is -0.0576. The molecule has 1 aromatic heterocycles. The Morgan fingerprint density at radius 3 is 2.49 bits per heavy atom. The minimum absolute atomic E-state index is 0.0576. The first-order valence-corrected chi connectivity index (χ1v) is 12.4. The van der Waals surface area contributed by atoms with E-state index in [1.807, 2.05) is 0 Å². The third-order valence-corrected chi connectivity index (χ3v) is 5.93. The number of allylic oxidation sites excluding steroid dienone is 4. The molecular formula is C24H17F5N2O5S. The molecule has 1 heterocycles. The highest BCUT2D eigenvalue weighted by Crippen LogP contribution is 2.38. The molecule has 0 radical (unpaired) electrons. The van der Waals surface area contributed by atoms with Crippen LogP contribution in [0.5, 0.6) is 5.75 Å². The van der Waals surface area contributed by atoms with Crippen molar-refractivity contribution in [2.24, 2.45) is 0 Å². The lowest BCUT2D eigenvalue weighted by atomic mass is 9.93. The van der Waals surface area contributed by atoms with Gasteiger partial charge in [0.05, 0.1) is 12.8 Å². The number of Topliss-reactive ketones (excluding diaryl/α,β-unsaturated/α-hetero) is 1. The average Bonchev–Trinajstić information content (AvgIpc) is 3.07.